The number of nitrogens with zero attached hydrogens (tertiary/aromatic N) is 1. The van der Waals surface area contributed by atoms with Crippen LogP contribution in [0.4, 0.5) is 5.13 Å². The molecular weight excluding hydrogens is 208 g/mol. The first-order valence-corrected chi connectivity index (χ1v) is 5.73. The van der Waals surface area contributed by atoms with Crippen molar-refractivity contribution in [2.75, 3.05) is 5.73 Å². The Morgan fingerprint density at radius 3 is 3.00 bits per heavy atom. The minimum Gasteiger partial charge on any atom is -0.375 e. The topological polar surface area (TPSA) is 48.1 Å². The molecule has 0 saturated carbocycles. The van der Waals surface area contributed by atoms with E-state index in [0.717, 1.165) is 10.2 Å². The highest BCUT2D eigenvalue weighted by atomic mass is 32.1. The molecule has 4 heteroatoms. The van der Waals surface area contributed by atoms with Crippen LogP contribution in [0, 0.1) is 0 Å². The molecule has 2 rings (SSSR count). The van der Waals surface area contributed by atoms with Crippen LogP contribution in [0.15, 0.2) is 18.2 Å². The van der Waals surface area contributed by atoms with Crippen molar-refractivity contribution in [2.24, 2.45) is 0 Å². The van der Waals surface area contributed by atoms with Gasteiger partial charge in [-0.1, -0.05) is 17.4 Å². The molecule has 0 bridgehead atoms. The van der Waals surface area contributed by atoms with Crippen LogP contribution in [0.1, 0.15) is 19.4 Å². The number of hydrogen-bond donors (Lipinski definition) is 1. The van der Waals surface area contributed by atoms with Crippen molar-refractivity contribution in [2.45, 2.75) is 26.6 Å². The van der Waals surface area contributed by atoms with E-state index < -0.39 is 0 Å². The van der Waals surface area contributed by atoms with Gasteiger partial charge in [0.25, 0.3) is 0 Å². The second-order valence-electron chi connectivity index (χ2n) is 3.71. The fraction of sp³-hybridized carbons (Fsp3) is 0.364. The Hall–Kier alpha value is -1.13. The van der Waals surface area contributed by atoms with Crippen molar-refractivity contribution in [3.05, 3.63) is 23.8 Å². The maximum Gasteiger partial charge on any atom is 0.181 e. The third-order valence-electron chi connectivity index (χ3n) is 2.05. The van der Waals surface area contributed by atoms with E-state index in [9.17, 15) is 0 Å². The number of fused-ring (bicyclic) bond motifs is 1. The summed E-state index contributed by atoms with van der Waals surface area (Å²) in [5, 5.41) is 0.618. The summed E-state index contributed by atoms with van der Waals surface area (Å²) in [6, 6.07) is 6.11. The first-order valence-electron chi connectivity index (χ1n) is 4.91. The molecular formula is C11H14N2OS. The molecule has 0 aliphatic rings. The fourth-order valence-electron chi connectivity index (χ4n) is 1.34. The zero-order chi connectivity index (χ0) is 10.8. The number of thiazole rings is 1. The molecule has 1 heterocycles. The molecule has 0 atom stereocenters. The maximum atomic E-state index is 5.64. The smallest absolute Gasteiger partial charge is 0.181 e. The van der Waals surface area contributed by atoms with E-state index in [2.05, 4.69) is 11.1 Å². The third-order valence-corrected chi connectivity index (χ3v) is 2.90. The number of ether oxygens (including phenoxy) is 1. The number of hydrogen-bond acceptors (Lipinski definition) is 4. The minimum atomic E-state index is 0.257. The minimum absolute atomic E-state index is 0.257. The molecule has 0 aliphatic carbocycles. The summed E-state index contributed by atoms with van der Waals surface area (Å²) < 4.78 is 6.66. The number of nitrogens with two attached hydrogens (primary N) is 1. The summed E-state index contributed by atoms with van der Waals surface area (Å²) in [4.78, 5) is 4.20. The van der Waals surface area contributed by atoms with Crippen molar-refractivity contribution >= 4 is 26.7 Å². The summed E-state index contributed by atoms with van der Waals surface area (Å²) in [7, 11) is 0. The van der Waals surface area contributed by atoms with E-state index >= 15 is 0 Å². The number of aromatic nitrogens is 1. The van der Waals surface area contributed by atoms with Crippen LogP contribution >= 0.6 is 11.3 Å². The first kappa shape index (κ1) is 10.4. The van der Waals surface area contributed by atoms with Crippen LogP contribution in [0.2, 0.25) is 0 Å². The average Bonchev–Trinajstić information content (AvgIpc) is 2.53. The molecule has 3 nitrogen and oxygen atoms in total. The van der Waals surface area contributed by atoms with Gasteiger partial charge in [0.1, 0.15) is 0 Å². The zero-order valence-electron chi connectivity index (χ0n) is 8.86. The highest BCUT2D eigenvalue weighted by Crippen LogP contribution is 2.24. The quantitative estimate of drug-likeness (QED) is 0.868. The Kier molecular flexibility index (Phi) is 2.88. The molecule has 0 fully saturated rings. The number of anilines is 1. The van der Waals surface area contributed by atoms with E-state index in [1.54, 1.807) is 0 Å². The number of rotatable bonds is 3. The summed E-state index contributed by atoms with van der Waals surface area (Å²) in [5.41, 5.74) is 7.77. The van der Waals surface area contributed by atoms with E-state index in [4.69, 9.17) is 10.5 Å². The highest BCUT2D eigenvalue weighted by molar-refractivity contribution is 7.22. The predicted octanol–water partition coefficient (Wildman–Crippen LogP) is 2.80. The van der Waals surface area contributed by atoms with Gasteiger partial charge in [0.15, 0.2) is 5.13 Å². The van der Waals surface area contributed by atoms with Crippen LogP contribution in [0.5, 0.6) is 0 Å². The normalized spacial score (nSPS) is 11.4. The molecule has 0 radical (unpaired) electrons. The molecule has 2 aromatic rings. The van der Waals surface area contributed by atoms with Gasteiger partial charge in [0.2, 0.25) is 0 Å². The van der Waals surface area contributed by atoms with Crippen LogP contribution in [-0.2, 0) is 11.3 Å². The lowest BCUT2D eigenvalue weighted by atomic mass is 10.2. The van der Waals surface area contributed by atoms with Gasteiger partial charge in [-0.3, -0.25) is 0 Å². The Bertz CT molecular complexity index is 465. The second kappa shape index (κ2) is 4.16. The third kappa shape index (κ3) is 2.46. The Morgan fingerprint density at radius 1 is 1.47 bits per heavy atom. The molecule has 1 aromatic carbocycles. The monoisotopic (exact) mass is 222 g/mol. The lowest BCUT2D eigenvalue weighted by Crippen LogP contribution is -2.01. The first-order chi connectivity index (χ1) is 7.15. The SMILES string of the molecule is CC(C)OCc1ccc2nc(N)sc2c1. The fourth-order valence-corrected chi connectivity index (χ4v) is 2.14. The van der Waals surface area contributed by atoms with Gasteiger partial charge >= 0.3 is 0 Å². The standard InChI is InChI=1S/C11H14N2OS/c1-7(2)14-6-8-3-4-9-10(5-8)15-11(12)13-9/h3-5,7H,6H2,1-2H3,(H2,12,13). The molecule has 0 saturated heterocycles. The van der Waals surface area contributed by atoms with Gasteiger partial charge in [-0.05, 0) is 31.5 Å². The van der Waals surface area contributed by atoms with Gasteiger partial charge in [-0.15, -0.1) is 0 Å². The van der Waals surface area contributed by atoms with Crippen LogP contribution in [-0.4, -0.2) is 11.1 Å². The maximum absolute atomic E-state index is 5.64. The molecule has 1 aromatic heterocycles. The van der Waals surface area contributed by atoms with Gasteiger partial charge in [0, 0.05) is 0 Å². The van der Waals surface area contributed by atoms with E-state index in [0.29, 0.717) is 11.7 Å². The van der Waals surface area contributed by atoms with Crippen molar-refractivity contribution < 1.29 is 4.74 Å². The Balaban J connectivity index is 2.22. The van der Waals surface area contributed by atoms with Gasteiger partial charge in [0.05, 0.1) is 22.9 Å². The summed E-state index contributed by atoms with van der Waals surface area (Å²) >= 11 is 1.51. The van der Waals surface area contributed by atoms with Crippen molar-refractivity contribution in [3.63, 3.8) is 0 Å². The van der Waals surface area contributed by atoms with E-state index in [1.807, 2.05) is 26.0 Å². The van der Waals surface area contributed by atoms with E-state index in [1.165, 1.54) is 16.9 Å². The van der Waals surface area contributed by atoms with Crippen LogP contribution in [0.25, 0.3) is 10.2 Å². The average molecular weight is 222 g/mol. The summed E-state index contributed by atoms with van der Waals surface area (Å²) in [5.74, 6) is 0. The molecule has 80 valence electrons. The predicted molar refractivity (Wildman–Crippen MR) is 64.0 cm³/mol. The molecule has 2 N–H and O–H groups in total. The number of nitrogen functional groups attached to an aromatic ring is 1. The van der Waals surface area contributed by atoms with Crippen molar-refractivity contribution in [1.29, 1.82) is 0 Å². The van der Waals surface area contributed by atoms with Gasteiger partial charge in [-0.25, -0.2) is 4.98 Å². The molecule has 15 heavy (non-hydrogen) atoms. The molecule has 0 spiro atoms. The largest absolute Gasteiger partial charge is 0.375 e. The molecule has 0 aliphatic heterocycles. The Morgan fingerprint density at radius 2 is 2.27 bits per heavy atom. The van der Waals surface area contributed by atoms with Crippen molar-refractivity contribution in [1.82, 2.24) is 4.98 Å². The summed E-state index contributed by atoms with van der Waals surface area (Å²) in [6.07, 6.45) is 0.257. The highest BCUT2D eigenvalue weighted by Gasteiger charge is 2.02. The van der Waals surface area contributed by atoms with E-state index in [-0.39, 0.29) is 6.10 Å². The Labute approximate surface area is 92.9 Å². The van der Waals surface area contributed by atoms with Crippen LogP contribution in [0.3, 0.4) is 0 Å². The van der Waals surface area contributed by atoms with Crippen LogP contribution < -0.4 is 5.73 Å². The van der Waals surface area contributed by atoms with Crippen molar-refractivity contribution in [3.8, 4) is 0 Å². The van der Waals surface area contributed by atoms with Gasteiger partial charge < -0.3 is 10.5 Å². The molecule has 0 unspecified atom stereocenters. The number of benzene rings is 1. The summed E-state index contributed by atoms with van der Waals surface area (Å²) in [6.45, 7) is 4.71. The lowest BCUT2D eigenvalue weighted by Gasteiger charge is -2.06. The van der Waals surface area contributed by atoms with Gasteiger partial charge in [-0.2, -0.15) is 0 Å². The molecule has 0 amide bonds. The second-order valence-corrected chi connectivity index (χ2v) is 4.78. The zero-order valence-corrected chi connectivity index (χ0v) is 9.67. The lowest BCUT2D eigenvalue weighted by molar-refractivity contribution is 0.0658.